The van der Waals surface area contributed by atoms with E-state index < -0.39 is 5.97 Å². The second-order valence-corrected chi connectivity index (χ2v) is 5.71. The maximum absolute atomic E-state index is 11.9. The molecule has 96 valence electrons. The number of fused-ring (bicyclic) bond motifs is 1. The molecule has 0 aromatic rings. The molecule has 0 aliphatic heterocycles. The van der Waals surface area contributed by atoms with E-state index in [0.717, 1.165) is 19.3 Å². The maximum Gasteiger partial charge on any atom is 0.303 e. The van der Waals surface area contributed by atoms with Crippen LogP contribution in [0.3, 0.4) is 0 Å². The summed E-state index contributed by atoms with van der Waals surface area (Å²) < 4.78 is 0. The largest absolute Gasteiger partial charge is 0.481 e. The molecule has 0 bridgehead atoms. The molecule has 2 N–H and O–H groups in total. The lowest BCUT2D eigenvalue weighted by Gasteiger charge is -2.42. The Labute approximate surface area is 101 Å². The molecular weight excluding hydrogens is 220 g/mol. The quantitative estimate of drug-likeness (QED) is 0.786. The molecule has 2 rings (SSSR count). The summed E-state index contributed by atoms with van der Waals surface area (Å²) in [6, 6.07) is 0. The second kappa shape index (κ2) is 4.41. The predicted molar refractivity (Wildman–Crippen MR) is 61.4 cm³/mol. The van der Waals surface area contributed by atoms with Crippen molar-refractivity contribution in [3.63, 3.8) is 0 Å². The Morgan fingerprint density at radius 1 is 1.47 bits per heavy atom. The minimum atomic E-state index is -0.844. The van der Waals surface area contributed by atoms with E-state index in [1.807, 2.05) is 0 Å². The van der Waals surface area contributed by atoms with Crippen LogP contribution in [0.5, 0.6) is 0 Å². The lowest BCUT2D eigenvalue weighted by molar-refractivity contribution is -0.139. The topological polar surface area (TPSA) is 74.6 Å². The molecule has 0 radical (unpaired) electrons. The van der Waals surface area contributed by atoms with E-state index in [2.05, 4.69) is 6.92 Å². The zero-order valence-corrected chi connectivity index (χ0v) is 10.2. The summed E-state index contributed by atoms with van der Waals surface area (Å²) in [6.07, 6.45) is 3.01. The number of ketones is 1. The van der Waals surface area contributed by atoms with Crippen LogP contribution in [0.4, 0.5) is 0 Å². The van der Waals surface area contributed by atoms with E-state index in [1.54, 1.807) is 0 Å². The van der Waals surface area contributed by atoms with Gasteiger partial charge < -0.3 is 10.2 Å². The molecule has 4 atom stereocenters. The van der Waals surface area contributed by atoms with Gasteiger partial charge in [-0.3, -0.25) is 9.59 Å². The third kappa shape index (κ3) is 2.10. The van der Waals surface area contributed by atoms with Crippen LogP contribution in [0.2, 0.25) is 0 Å². The first-order chi connectivity index (χ1) is 7.95. The summed E-state index contributed by atoms with van der Waals surface area (Å²) in [5.74, 6) is -0.619. The number of aliphatic carboxylic acids is 1. The van der Waals surface area contributed by atoms with Crippen molar-refractivity contribution in [3.8, 4) is 0 Å². The number of aliphatic hydroxyl groups excluding tert-OH is 1. The van der Waals surface area contributed by atoms with Crippen LogP contribution >= 0.6 is 0 Å². The fraction of sp³-hybridized carbons (Fsp3) is 0.846. The van der Waals surface area contributed by atoms with E-state index in [-0.39, 0.29) is 35.6 Å². The normalized spacial score (nSPS) is 41.3. The molecule has 0 spiro atoms. The number of hydrogen-bond donors (Lipinski definition) is 2. The van der Waals surface area contributed by atoms with Crippen LogP contribution in [0, 0.1) is 17.3 Å². The van der Waals surface area contributed by atoms with Gasteiger partial charge >= 0.3 is 5.97 Å². The highest BCUT2D eigenvalue weighted by atomic mass is 16.4. The fourth-order valence-electron chi connectivity index (χ4n) is 3.70. The molecule has 0 amide bonds. The molecule has 0 aromatic carbocycles. The highest BCUT2D eigenvalue weighted by Crippen LogP contribution is 2.54. The Morgan fingerprint density at radius 3 is 2.82 bits per heavy atom. The molecule has 0 aromatic heterocycles. The Morgan fingerprint density at radius 2 is 2.18 bits per heavy atom. The molecule has 0 saturated heterocycles. The van der Waals surface area contributed by atoms with Gasteiger partial charge in [-0.05, 0) is 37.0 Å². The zero-order chi connectivity index (χ0) is 12.6. The van der Waals surface area contributed by atoms with E-state index >= 15 is 0 Å². The molecule has 2 aliphatic rings. The molecular formula is C13H20O4. The number of carboxylic acids is 1. The highest BCUT2D eigenvalue weighted by molar-refractivity contribution is 5.83. The van der Waals surface area contributed by atoms with E-state index in [1.165, 1.54) is 0 Å². The summed E-state index contributed by atoms with van der Waals surface area (Å²) in [7, 11) is 0. The Kier molecular flexibility index (Phi) is 3.25. The molecule has 2 saturated carbocycles. The van der Waals surface area contributed by atoms with Crippen LogP contribution in [0.15, 0.2) is 0 Å². The first kappa shape index (κ1) is 12.6. The average Bonchev–Trinajstić information content (AvgIpc) is 2.55. The number of rotatable bonds is 3. The SMILES string of the molecule is CC12CCC(=O)C(CCC(=O)O)C1CCC2O. The van der Waals surface area contributed by atoms with Gasteiger partial charge in [-0.1, -0.05) is 6.92 Å². The predicted octanol–water partition coefficient (Wildman–Crippen LogP) is 1.61. The van der Waals surface area contributed by atoms with Crippen molar-refractivity contribution in [3.05, 3.63) is 0 Å². The summed E-state index contributed by atoms with van der Waals surface area (Å²) in [5, 5.41) is 18.8. The molecule has 17 heavy (non-hydrogen) atoms. The van der Waals surface area contributed by atoms with Crippen molar-refractivity contribution < 1.29 is 19.8 Å². The maximum atomic E-state index is 11.9. The van der Waals surface area contributed by atoms with E-state index in [0.29, 0.717) is 12.8 Å². The molecule has 4 nitrogen and oxygen atoms in total. The number of carbonyl (C=O) groups is 2. The van der Waals surface area contributed by atoms with Crippen LogP contribution in [0.1, 0.15) is 45.4 Å². The van der Waals surface area contributed by atoms with Crippen LogP contribution < -0.4 is 0 Å². The number of hydrogen-bond acceptors (Lipinski definition) is 3. The van der Waals surface area contributed by atoms with Gasteiger partial charge in [-0.2, -0.15) is 0 Å². The van der Waals surface area contributed by atoms with Crippen molar-refractivity contribution >= 4 is 11.8 Å². The number of Topliss-reactive ketones (excluding diaryl/α,β-unsaturated/α-hetero) is 1. The van der Waals surface area contributed by atoms with Crippen molar-refractivity contribution in [2.24, 2.45) is 17.3 Å². The monoisotopic (exact) mass is 240 g/mol. The third-order valence-electron chi connectivity index (χ3n) is 4.84. The average molecular weight is 240 g/mol. The van der Waals surface area contributed by atoms with Crippen molar-refractivity contribution in [1.29, 1.82) is 0 Å². The first-order valence-electron chi connectivity index (χ1n) is 6.37. The summed E-state index contributed by atoms with van der Waals surface area (Å²) in [4.78, 5) is 22.5. The minimum Gasteiger partial charge on any atom is -0.481 e. The highest BCUT2D eigenvalue weighted by Gasteiger charge is 2.53. The van der Waals surface area contributed by atoms with E-state index in [4.69, 9.17) is 5.11 Å². The molecule has 4 unspecified atom stereocenters. The van der Waals surface area contributed by atoms with Gasteiger partial charge in [-0.15, -0.1) is 0 Å². The zero-order valence-electron chi connectivity index (χ0n) is 10.2. The van der Waals surface area contributed by atoms with Crippen LogP contribution in [-0.4, -0.2) is 28.1 Å². The molecule has 2 aliphatic carbocycles. The van der Waals surface area contributed by atoms with Crippen LogP contribution in [-0.2, 0) is 9.59 Å². The smallest absolute Gasteiger partial charge is 0.303 e. The second-order valence-electron chi connectivity index (χ2n) is 5.71. The summed E-state index contributed by atoms with van der Waals surface area (Å²) >= 11 is 0. The van der Waals surface area contributed by atoms with Crippen LogP contribution in [0.25, 0.3) is 0 Å². The standard InChI is InChI=1S/C13H20O4/c1-13-7-6-10(14)8(2-5-12(16)17)9(13)3-4-11(13)15/h8-9,11,15H,2-7H2,1H3,(H,16,17). The Hall–Kier alpha value is -0.900. The van der Waals surface area contributed by atoms with Gasteiger partial charge in [0.1, 0.15) is 5.78 Å². The fourth-order valence-corrected chi connectivity index (χ4v) is 3.70. The Balaban J connectivity index is 2.13. The summed E-state index contributed by atoms with van der Waals surface area (Å²) in [6.45, 7) is 2.05. The molecule has 2 fully saturated rings. The van der Waals surface area contributed by atoms with Crippen molar-refractivity contribution in [2.75, 3.05) is 0 Å². The minimum absolute atomic E-state index is 0.0546. The van der Waals surface area contributed by atoms with Gasteiger partial charge in [0.25, 0.3) is 0 Å². The Bertz CT molecular complexity index is 338. The van der Waals surface area contributed by atoms with E-state index in [9.17, 15) is 14.7 Å². The molecule has 4 heteroatoms. The summed E-state index contributed by atoms with van der Waals surface area (Å²) in [5.41, 5.74) is -0.170. The lowest BCUT2D eigenvalue weighted by Crippen LogP contribution is -2.43. The number of carboxylic acid groups (broad SMARTS) is 1. The van der Waals surface area contributed by atoms with Gasteiger partial charge in [-0.25, -0.2) is 0 Å². The number of aliphatic hydroxyl groups is 1. The van der Waals surface area contributed by atoms with Crippen molar-refractivity contribution in [2.45, 2.75) is 51.6 Å². The van der Waals surface area contributed by atoms with Gasteiger partial charge in [0.2, 0.25) is 0 Å². The van der Waals surface area contributed by atoms with Gasteiger partial charge in [0.05, 0.1) is 6.10 Å². The third-order valence-corrected chi connectivity index (χ3v) is 4.84. The first-order valence-corrected chi connectivity index (χ1v) is 6.37. The molecule has 0 heterocycles. The van der Waals surface area contributed by atoms with Gasteiger partial charge in [0.15, 0.2) is 0 Å². The van der Waals surface area contributed by atoms with Crippen molar-refractivity contribution in [1.82, 2.24) is 0 Å². The van der Waals surface area contributed by atoms with Gasteiger partial charge in [0, 0.05) is 18.8 Å². The number of carbonyl (C=O) groups excluding carboxylic acids is 1. The lowest BCUT2D eigenvalue weighted by atomic mass is 9.62.